The molecule has 0 spiro atoms. The normalized spacial score (nSPS) is 20.3. The standard InChI is InChI=1S/C13H16BNO4/c1-12(2)13(3,4)19-14(18-12)11-9(7-16)5-6-15-10(11)8-17/h5-8H,1-4H3. The molecule has 0 radical (unpaired) electrons. The largest absolute Gasteiger partial charge is 0.497 e. The molecule has 1 saturated heterocycles. The zero-order valence-electron chi connectivity index (χ0n) is 11.5. The summed E-state index contributed by atoms with van der Waals surface area (Å²) in [5.41, 5.74) is -0.147. The highest BCUT2D eigenvalue weighted by molar-refractivity contribution is 6.64. The maximum atomic E-state index is 11.1. The van der Waals surface area contributed by atoms with Gasteiger partial charge in [-0.05, 0) is 33.8 Å². The van der Waals surface area contributed by atoms with Crippen molar-refractivity contribution in [2.75, 3.05) is 0 Å². The first-order valence-corrected chi connectivity index (χ1v) is 6.07. The fourth-order valence-corrected chi connectivity index (χ4v) is 1.92. The van der Waals surface area contributed by atoms with Gasteiger partial charge in [0.25, 0.3) is 0 Å². The molecule has 2 rings (SSSR count). The Morgan fingerprint density at radius 3 is 2.16 bits per heavy atom. The Hall–Kier alpha value is -1.53. The Morgan fingerprint density at radius 2 is 1.68 bits per heavy atom. The Kier molecular flexibility index (Phi) is 3.32. The average molecular weight is 261 g/mol. The highest BCUT2D eigenvalue weighted by Gasteiger charge is 2.53. The van der Waals surface area contributed by atoms with Crippen LogP contribution in [0.15, 0.2) is 12.3 Å². The van der Waals surface area contributed by atoms with Gasteiger partial charge >= 0.3 is 7.12 Å². The third-order valence-corrected chi connectivity index (χ3v) is 3.78. The van der Waals surface area contributed by atoms with Crippen molar-refractivity contribution >= 4 is 25.2 Å². The number of pyridine rings is 1. The molecule has 1 aliphatic heterocycles. The second-order valence-corrected chi connectivity index (χ2v) is 5.52. The average Bonchev–Trinajstić information content (AvgIpc) is 2.57. The SMILES string of the molecule is CC1(C)OB(c2c(C=O)ccnc2C=O)OC1(C)C. The zero-order valence-corrected chi connectivity index (χ0v) is 11.5. The minimum absolute atomic E-state index is 0.170. The number of hydrogen-bond donors (Lipinski definition) is 0. The Balaban J connectivity index is 2.50. The van der Waals surface area contributed by atoms with Crippen LogP contribution in [0.2, 0.25) is 0 Å². The van der Waals surface area contributed by atoms with E-state index in [0.29, 0.717) is 23.6 Å². The third kappa shape index (κ3) is 2.22. The van der Waals surface area contributed by atoms with Crippen LogP contribution in [0.25, 0.3) is 0 Å². The van der Waals surface area contributed by atoms with Gasteiger partial charge in [0, 0.05) is 17.2 Å². The number of aromatic nitrogens is 1. The lowest BCUT2D eigenvalue weighted by atomic mass is 9.75. The molecule has 1 aromatic rings. The zero-order chi connectivity index (χ0) is 14.3. The number of rotatable bonds is 3. The van der Waals surface area contributed by atoms with Crippen LogP contribution >= 0.6 is 0 Å². The molecule has 100 valence electrons. The van der Waals surface area contributed by atoms with Crippen LogP contribution in [0.1, 0.15) is 48.5 Å². The summed E-state index contributed by atoms with van der Waals surface area (Å²) in [7, 11) is -0.765. The van der Waals surface area contributed by atoms with E-state index < -0.39 is 18.3 Å². The first-order chi connectivity index (χ1) is 8.82. The van der Waals surface area contributed by atoms with E-state index in [0.717, 1.165) is 0 Å². The van der Waals surface area contributed by atoms with Crippen molar-refractivity contribution in [3.63, 3.8) is 0 Å². The van der Waals surface area contributed by atoms with E-state index >= 15 is 0 Å². The van der Waals surface area contributed by atoms with Gasteiger partial charge in [0.15, 0.2) is 6.29 Å². The van der Waals surface area contributed by atoms with Gasteiger partial charge < -0.3 is 9.31 Å². The van der Waals surface area contributed by atoms with Crippen molar-refractivity contribution in [3.05, 3.63) is 23.5 Å². The van der Waals surface area contributed by atoms with Gasteiger partial charge in [-0.25, -0.2) is 0 Å². The number of hydrogen-bond acceptors (Lipinski definition) is 5. The predicted molar refractivity (Wildman–Crippen MR) is 70.7 cm³/mol. The Bertz CT molecular complexity index is 485. The fourth-order valence-electron chi connectivity index (χ4n) is 1.92. The second-order valence-electron chi connectivity index (χ2n) is 5.52. The number of carbonyl (C=O) groups is 2. The summed E-state index contributed by atoms with van der Waals surface area (Å²) >= 11 is 0. The lowest BCUT2D eigenvalue weighted by molar-refractivity contribution is 0.00578. The van der Waals surface area contributed by atoms with Gasteiger partial charge in [-0.15, -0.1) is 0 Å². The van der Waals surface area contributed by atoms with Gasteiger partial charge in [-0.2, -0.15) is 0 Å². The van der Waals surface area contributed by atoms with Crippen LogP contribution in [0.4, 0.5) is 0 Å². The summed E-state index contributed by atoms with van der Waals surface area (Å²) in [6.45, 7) is 7.63. The summed E-state index contributed by atoms with van der Waals surface area (Å²) in [6.07, 6.45) is 2.70. The molecule has 0 amide bonds. The van der Waals surface area contributed by atoms with E-state index in [1.54, 1.807) is 6.07 Å². The van der Waals surface area contributed by atoms with Crippen molar-refractivity contribution in [1.29, 1.82) is 0 Å². The summed E-state index contributed by atoms with van der Waals surface area (Å²) in [5, 5.41) is 0. The van der Waals surface area contributed by atoms with Gasteiger partial charge in [0.2, 0.25) is 0 Å². The highest BCUT2D eigenvalue weighted by Crippen LogP contribution is 2.36. The van der Waals surface area contributed by atoms with E-state index in [-0.39, 0.29) is 5.69 Å². The minimum Gasteiger partial charge on any atom is -0.399 e. The predicted octanol–water partition coefficient (Wildman–Crippen LogP) is 1.01. The minimum atomic E-state index is -0.765. The fraction of sp³-hybridized carbons (Fsp3) is 0.462. The summed E-state index contributed by atoms with van der Waals surface area (Å²) in [6, 6.07) is 1.54. The lowest BCUT2D eigenvalue weighted by Gasteiger charge is -2.32. The van der Waals surface area contributed by atoms with Crippen LogP contribution in [0, 0.1) is 0 Å². The van der Waals surface area contributed by atoms with Crippen molar-refractivity contribution in [2.24, 2.45) is 0 Å². The molecule has 0 atom stereocenters. The Labute approximate surface area is 112 Å². The molecule has 5 nitrogen and oxygen atoms in total. The summed E-state index contributed by atoms with van der Waals surface area (Å²) in [5.74, 6) is 0. The van der Waals surface area contributed by atoms with Crippen LogP contribution in [-0.2, 0) is 9.31 Å². The molecule has 0 aliphatic carbocycles. The van der Waals surface area contributed by atoms with E-state index in [9.17, 15) is 9.59 Å². The molecular weight excluding hydrogens is 245 g/mol. The second kappa shape index (κ2) is 4.54. The van der Waals surface area contributed by atoms with E-state index in [4.69, 9.17) is 9.31 Å². The molecule has 0 bridgehead atoms. The maximum Gasteiger partial charge on any atom is 0.497 e. The molecule has 1 fully saturated rings. The number of nitrogens with zero attached hydrogens (tertiary/aromatic N) is 1. The Morgan fingerprint density at radius 1 is 1.11 bits per heavy atom. The first kappa shape index (κ1) is 13.9. The van der Waals surface area contributed by atoms with Crippen LogP contribution < -0.4 is 5.46 Å². The van der Waals surface area contributed by atoms with Crippen molar-refractivity contribution in [2.45, 2.75) is 38.9 Å². The van der Waals surface area contributed by atoms with Crippen molar-refractivity contribution < 1.29 is 18.9 Å². The van der Waals surface area contributed by atoms with Crippen molar-refractivity contribution in [3.8, 4) is 0 Å². The molecule has 19 heavy (non-hydrogen) atoms. The van der Waals surface area contributed by atoms with Crippen LogP contribution in [0.5, 0.6) is 0 Å². The van der Waals surface area contributed by atoms with Gasteiger partial charge in [-0.3, -0.25) is 14.6 Å². The quantitative estimate of drug-likeness (QED) is 0.600. The molecule has 2 heterocycles. The van der Waals surface area contributed by atoms with E-state index in [1.807, 2.05) is 27.7 Å². The molecular formula is C13H16BNO4. The number of carbonyl (C=O) groups excluding carboxylic acids is 2. The molecule has 0 aromatic carbocycles. The molecule has 0 N–H and O–H groups in total. The van der Waals surface area contributed by atoms with Gasteiger partial charge in [0.05, 0.1) is 11.2 Å². The molecule has 1 aromatic heterocycles. The summed E-state index contributed by atoms with van der Waals surface area (Å²) < 4.78 is 11.7. The van der Waals surface area contributed by atoms with E-state index in [1.165, 1.54) is 6.20 Å². The lowest BCUT2D eigenvalue weighted by Crippen LogP contribution is -2.41. The molecule has 0 saturated carbocycles. The van der Waals surface area contributed by atoms with Crippen LogP contribution in [0.3, 0.4) is 0 Å². The third-order valence-electron chi connectivity index (χ3n) is 3.78. The van der Waals surface area contributed by atoms with Crippen LogP contribution in [-0.4, -0.2) is 35.9 Å². The van der Waals surface area contributed by atoms with Gasteiger partial charge in [-0.1, -0.05) is 0 Å². The molecule has 1 aliphatic rings. The number of aldehydes is 2. The van der Waals surface area contributed by atoms with Gasteiger partial charge in [0.1, 0.15) is 12.0 Å². The van der Waals surface area contributed by atoms with Crippen molar-refractivity contribution in [1.82, 2.24) is 4.98 Å². The van der Waals surface area contributed by atoms with E-state index in [2.05, 4.69) is 4.98 Å². The molecule has 6 heteroatoms. The topological polar surface area (TPSA) is 65.5 Å². The summed E-state index contributed by atoms with van der Waals surface area (Å²) in [4.78, 5) is 26.2. The first-order valence-electron chi connectivity index (χ1n) is 6.07. The monoisotopic (exact) mass is 261 g/mol. The maximum absolute atomic E-state index is 11.1. The smallest absolute Gasteiger partial charge is 0.399 e. The molecule has 0 unspecified atom stereocenters. The highest BCUT2D eigenvalue weighted by atomic mass is 16.7.